The van der Waals surface area contributed by atoms with Crippen molar-refractivity contribution in [3.63, 3.8) is 0 Å². The Kier molecular flexibility index (Phi) is 4.36. The van der Waals surface area contributed by atoms with Gasteiger partial charge in [0.05, 0.1) is 5.01 Å². The Balaban J connectivity index is 1.86. The van der Waals surface area contributed by atoms with Crippen LogP contribution in [0.3, 0.4) is 0 Å². The molecule has 6 nitrogen and oxygen atoms in total. The molecule has 2 N–H and O–H groups in total. The second-order valence-corrected chi connectivity index (χ2v) is 5.57. The highest BCUT2D eigenvalue weighted by Gasteiger charge is 2.33. The first-order valence-electron chi connectivity index (χ1n) is 6.26. The molecule has 0 spiro atoms. The van der Waals surface area contributed by atoms with Gasteiger partial charge in [0.15, 0.2) is 0 Å². The second kappa shape index (κ2) is 6.01. The van der Waals surface area contributed by atoms with Crippen LogP contribution in [0.5, 0.6) is 0 Å². The molecular weight excluding hydrogens is 266 g/mol. The summed E-state index contributed by atoms with van der Waals surface area (Å²) in [6.07, 6.45) is 3.01. The molecule has 1 aromatic heterocycles. The number of rotatable bonds is 4. The van der Waals surface area contributed by atoms with Crippen molar-refractivity contribution in [2.75, 3.05) is 13.1 Å². The molecule has 0 saturated carbocycles. The van der Waals surface area contributed by atoms with E-state index in [0.717, 1.165) is 11.4 Å². The van der Waals surface area contributed by atoms with E-state index < -0.39 is 12.0 Å². The molecule has 0 aromatic carbocycles. The summed E-state index contributed by atoms with van der Waals surface area (Å²) in [7, 11) is 0. The number of thiazole rings is 1. The SMILES string of the molecule is CC(CNC(=O)N1CCC[C@@H]1C(=O)O)c1nccs1. The number of nitrogens with one attached hydrogen (secondary N) is 1. The quantitative estimate of drug-likeness (QED) is 0.877. The van der Waals surface area contributed by atoms with Gasteiger partial charge in [-0.05, 0) is 12.8 Å². The number of carbonyl (C=O) groups excluding carboxylic acids is 1. The van der Waals surface area contributed by atoms with Gasteiger partial charge < -0.3 is 15.3 Å². The van der Waals surface area contributed by atoms with Gasteiger partial charge in [0.2, 0.25) is 0 Å². The van der Waals surface area contributed by atoms with E-state index in [9.17, 15) is 9.59 Å². The Morgan fingerprint density at radius 3 is 3.11 bits per heavy atom. The molecule has 19 heavy (non-hydrogen) atoms. The van der Waals surface area contributed by atoms with Crippen molar-refractivity contribution in [3.8, 4) is 0 Å². The first-order valence-corrected chi connectivity index (χ1v) is 7.14. The standard InChI is InChI=1S/C12H17N3O3S/c1-8(10-13-4-6-19-10)7-14-12(18)15-5-2-3-9(15)11(16)17/h4,6,8-9H,2-3,5,7H2,1H3,(H,14,18)(H,16,17)/t8?,9-/m1/s1. The molecule has 1 unspecified atom stereocenters. The maximum absolute atomic E-state index is 12.0. The molecule has 104 valence electrons. The van der Waals surface area contributed by atoms with Gasteiger partial charge in [-0.3, -0.25) is 0 Å². The van der Waals surface area contributed by atoms with Gasteiger partial charge in [-0.2, -0.15) is 0 Å². The zero-order valence-electron chi connectivity index (χ0n) is 10.7. The lowest BCUT2D eigenvalue weighted by atomic mass is 10.2. The lowest BCUT2D eigenvalue weighted by molar-refractivity contribution is -0.141. The number of nitrogens with zero attached hydrogens (tertiary/aromatic N) is 2. The summed E-state index contributed by atoms with van der Waals surface area (Å²) < 4.78 is 0. The molecule has 1 aromatic rings. The van der Waals surface area contributed by atoms with E-state index in [1.165, 1.54) is 4.90 Å². The number of carbonyl (C=O) groups is 2. The largest absolute Gasteiger partial charge is 0.480 e. The third kappa shape index (κ3) is 3.23. The van der Waals surface area contributed by atoms with Crippen molar-refractivity contribution in [1.29, 1.82) is 0 Å². The number of likely N-dealkylation sites (tertiary alicyclic amines) is 1. The fourth-order valence-corrected chi connectivity index (χ4v) is 2.87. The van der Waals surface area contributed by atoms with Crippen LogP contribution in [-0.2, 0) is 4.79 Å². The van der Waals surface area contributed by atoms with Gasteiger partial charge in [0.1, 0.15) is 6.04 Å². The maximum Gasteiger partial charge on any atom is 0.326 e. The summed E-state index contributed by atoms with van der Waals surface area (Å²) in [5.41, 5.74) is 0. The molecule has 2 atom stereocenters. The highest BCUT2D eigenvalue weighted by atomic mass is 32.1. The van der Waals surface area contributed by atoms with Crippen molar-refractivity contribution in [2.45, 2.75) is 31.7 Å². The Hall–Kier alpha value is -1.63. The minimum absolute atomic E-state index is 0.134. The fraction of sp³-hybridized carbons (Fsp3) is 0.583. The Labute approximate surface area is 115 Å². The smallest absolute Gasteiger partial charge is 0.326 e. The van der Waals surface area contributed by atoms with Crippen molar-refractivity contribution in [1.82, 2.24) is 15.2 Å². The summed E-state index contributed by atoms with van der Waals surface area (Å²) >= 11 is 1.55. The minimum atomic E-state index is -0.930. The summed E-state index contributed by atoms with van der Waals surface area (Å²) in [5, 5.41) is 14.7. The number of aliphatic carboxylic acids is 1. The van der Waals surface area contributed by atoms with E-state index in [1.54, 1.807) is 17.5 Å². The van der Waals surface area contributed by atoms with Crippen LogP contribution < -0.4 is 5.32 Å². The molecule has 0 bridgehead atoms. The monoisotopic (exact) mass is 283 g/mol. The zero-order valence-corrected chi connectivity index (χ0v) is 11.5. The summed E-state index contributed by atoms with van der Waals surface area (Å²) in [5.74, 6) is -0.796. The predicted molar refractivity (Wildman–Crippen MR) is 71.3 cm³/mol. The zero-order chi connectivity index (χ0) is 13.8. The molecule has 1 saturated heterocycles. The molecule has 1 fully saturated rings. The predicted octanol–water partition coefficient (Wildman–Crippen LogP) is 1.51. The Morgan fingerprint density at radius 1 is 1.68 bits per heavy atom. The lowest BCUT2D eigenvalue weighted by Crippen LogP contribution is -2.46. The topological polar surface area (TPSA) is 82.5 Å². The van der Waals surface area contributed by atoms with Crippen LogP contribution in [0.1, 0.15) is 30.7 Å². The van der Waals surface area contributed by atoms with Gasteiger partial charge in [0, 0.05) is 30.6 Å². The number of aromatic nitrogens is 1. The van der Waals surface area contributed by atoms with Crippen LogP contribution in [0.4, 0.5) is 4.79 Å². The van der Waals surface area contributed by atoms with Crippen LogP contribution in [0.15, 0.2) is 11.6 Å². The maximum atomic E-state index is 12.0. The minimum Gasteiger partial charge on any atom is -0.480 e. The van der Waals surface area contributed by atoms with Crippen LogP contribution in [0.25, 0.3) is 0 Å². The highest BCUT2D eigenvalue weighted by Crippen LogP contribution is 2.19. The van der Waals surface area contributed by atoms with E-state index in [1.807, 2.05) is 12.3 Å². The van der Waals surface area contributed by atoms with E-state index in [2.05, 4.69) is 10.3 Å². The van der Waals surface area contributed by atoms with Crippen molar-refractivity contribution in [2.24, 2.45) is 0 Å². The van der Waals surface area contributed by atoms with Gasteiger partial charge in [-0.15, -0.1) is 11.3 Å². The van der Waals surface area contributed by atoms with Gasteiger partial charge >= 0.3 is 12.0 Å². The van der Waals surface area contributed by atoms with Gasteiger partial charge in [-0.1, -0.05) is 6.92 Å². The number of urea groups is 1. The molecule has 0 aliphatic carbocycles. The van der Waals surface area contributed by atoms with Crippen LogP contribution in [0.2, 0.25) is 0 Å². The molecular formula is C12H17N3O3S. The Morgan fingerprint density at radius 2 is 2.47 bits per heavy atom. The fourth-order valence-electron chi connectivity index (χ4n) is 2.17. The third-order valence-corrected chi connectivity index (χ3v) is 4.24. The third-order valence-electron chi connectivity index (χ3n) is 3.23. The van der Waals surface area contributed by atoms with E-state index in [4.69, 9.17) is 5.11 Å². The first kappa shape index (κ1) is 13.8. The summed E-state index contributed by atoms with van der Waals surface area (Å²) in [4.78, 5) is 28.6. The normalized spacial score (nSPS) is 20.3. The average Bonchev–Trinajstić information content (AvgIpc) is 3.04. The van der Waals surface area contributed by atoms with Crippen molar-refractivity contribution in [3.05, 3.63) is 16.6 Å². The molecule has 7 heteroatoms. The van der Waals surface area contributed by atoms with Crippen LogP contribution in [0, 0.1) is 0 Å². The first-order chi connectivity index (χ1) is 9.09. The number of hydrogen-bond acceptors (Lipinski definition) is 4. The molecule has 2 rings (SSSR count). The molecule has 2 amide bonds. The number of hydrogen-bond donors (Lipinski definition) is 2. The average molecular weight is 283 g/mol. The molecule has 1 aliphatic heterocycles. The molecule has 1 aliphatic rings. The summed E-state index contributed by atoms with van der Waals surface area (Å²) in [6.45, 7) is 2.96. The Bertz CT molecular complexity index is 449. The van der Waals surface area contributed by atoms with E-state index in [-0.39, 0.29) is 11.9 Å². The van der Waals surface area contributed by atoms with Crippen molar-refractivity contribution < 1.29 is 14.7 Å². The van der Waals surface area contributed by atoms with E-state index >= 15 is 0 Å². The van der Waals surface area contributed by atoms with Gasteiger partial charge in [-0.25, -0.2) is 14.6 Å². The van der Waals surface area contributed by atoms with Crippen molar-refractivity contribution >= 4 is 23.3 Å². The van der Waals surface area contributed by atoms with E-state index in [0.29, 0.717) is 19.5 Å². The second-order valence-electron chi connectivity index (χ2n) is 4.65. The number of carboxylic acids is 1. The molecule has 2 heterocycles. The number of carboxylic acid groups (broad SMARTS) is 1. The van der Waals surface area contributed by atoms with Crippen LogP contribution in [-0.4, -0.2) is 46.1 Å². The van der Waals surface area contributed by atoms with Crippen LogP contribution >= 0.6 is 11.3 Å². The molecule has 0 radical (unpaired) electrons. The van der Waals surface area contributed by atoms with Gasteiger partial charge in [0.25, 0.3) is 0 Å². The number of amides is 2. The summed E-state index contributed by atoms with van der Waals surface area (Å²) in [6, 6.07) is -0.983. The lowest BCUT2D eigenvalue weighted by Gasteiger charge is -2.22. The highest BCUT2D eigenvalue weighted by molar-refractivity contribution is 7.09.